The molecule has 26 heavy (non-hydrogen) atoms. The fraction of sp³-hybridized carbons (Fsp3) is 0.0400. The number of hydrogen-bond acceptors (Lipinski definition) is 1. The normalized spacial score (nSPS) is 10.7. The van der Waals surface area contributed by atoms with Crippen molar-refractivity contribution in [3.8, 4) is 33.4 Å². The van der Waals surface area contributed by atoms with E-state index in [0.717, 1.165) is 5.69 Å². The summed E-state index contributed by atoms with van der Waals surface area (Å²) in [5.41, 5.74) is 15.3. The van der Waals surface area contributed by atoms with Crippen molar-refractivity contribution in [1.29, 1.82) is 0 Å². The second kappa shape index (κ2) is 6.89. The van der Waals surface area contributed by atoms with E-state index in [1.807, 2.05) is 12.1 Å². The van der Waals surface area contributed by atoms with Crippen LogP contribution in [0.5, 0.6) is 0 Å². The van der Waals surface area contributed by atoms with Gasteiger partial charge in [0.25, 0.3) is 0 Å². The van der Waals surface area contributed by atoms with Crippen LogP contribution in [0.15, 0.2) is 97.1 Å². The van der Waals surface area contributed by atoms with Crippen molar-refractivity contribution in [2.75, 3.05) is 5.73 Å². The van der Waals surface area contributed by atoms with E-state index >= 15 is 0 Å². The van der Waals surface area contributed by atoms with Crippen LogP contribution in [0, 0.1) is 6.92 Å². The van der Waals surface area contributed by atoms with Crippen molar-refractivity contribution in [3.63, 3.8) is 0 Å². The quantitative estimate of drug-likeness (QED) is 0.421. The third-order valence-corrected chi connectivity index (χ3v) is 4.73. The molecule has 1 heteroatoms. The van der Waals surface area contributed by atoms with Crippen LogP contribution in [0.2, 0.25) is 0 Å². The molecule has 0 amide bonds. The van der Waals surface area contributed by atoms with Gasteiger partial charge in [0.05, 0.1) is 0 Å². The molecule has 4 aromatic carbocycles. The van der Waals surface area contributed by atoms with Gasteiger partial charge in [0.15, 0.2) is 0 Å². The topological polar surface area (TPSA) is 26.0 Å². The van der Waals surface area contributed by atoms with Gasteiger partial charge in [-0.1, -0.05) is 90.5 Å². The van der Waals surface area contributed by atoms with Crippen molar-refractivity contribution in [2.45, 2.75) is 6.92 Å². The lowest BCUT2D eigenvalue weighted by Gasteiger charge is -2.15. The molecule has 0 heterocycles. The highest BCUT2D eigenvalue weighted by molar-refractivity contribution is 5.91. The van der Waals surface area contributed by atoms with Gasteiger partial charge >= 0.3 is 0 Å². The van der Waals surface area contributed by atoms with E-state index in [0.29, 0.717) is 0 Å². The van der Waals surface area contributed by atoms with Crippen LogP contribution in [-0.2, 0) is 0 Å². The summed E-state index contributed by atoms with van der Waals surface area (Å²) in [6.07, 6.45) is 0. The molecular weight excluding hydrogens is 314 g/mol. The first-order valence-electron chi connectivity index (χ1n) is 8.84. The van der Waals surface area contributed by atoms with Gasteiger partial charge < -0.3 is 5.73 Å². The van der Waals surface area contributed by atoms with Gasteiger partial charge in [-0.3, -0.25) is 0 Å². The van der Waals surface area contributed by atoms with Crippen LogP contribution in [-0.4, -0.2) is 0 Å². The zero-order valence-corrected chi connectivity index (χ0v) is 14.8. The number of hydrogen-bond donors (Lipinski definition) is 1. The smallest absolute Gasteiger partial charge is 0.0314 e. The molecule has 4 aromatic rings. The van der Waals surface area contributed by atoms with Gasteiger partial charge in [-0.25, -0.2) is 0 Å². The number of rotatable bonds is 3. The predicted octanol–water partition coefficient (Wildman–Crippen LogP) is 6.58. The average molecular weight is 335 g/mol. The first-order chi connectivity index (χ1) is 12.7. The molecule has 126 valence electrons. The minimum atomic E-state index is 0.784. The highest BCUT2D eigenvalue weighted by Crippen LogP contribution is 2.38. The maximum absolute atomic E-state index is 5.87. The Bertz CT molecular complexity index is 941. The zero-order chi connectivity index (χ0) is 17.9. The number of anilines is 1. The molecule has 0 saturated heterocycles. The van der Waals surface area contributed by atoms with Crippen molar-refractivity contribution in [1.82, 2.24) is 0 Å². The summed E-state index contributed by atoms with van der Waals surface area (Å²) in [4.78, 5) is 0. The minimum absolute atomic E-state index is 0.784. The number of aryl methyl sites for hydroxylation is 1. The molecule has 0 radical (unpaired) electrons. The summed E-state index contributed by atoms with van der Waals surface area (Å²) < 4.78 is 0. The summed E-state index contributed by atoms with van der Waals surface area (Å²) in [6.45, 7) is 2.12. The van der Waals surface area contributed by atoms with Crippen molar-refractivity contribution < 1.29 is 0 Å². The highest BCUT2D eigenvalue weighted by atomic mass is 14.5. The van der Waals surface area contributed by atoms with E-state index in [1.165, 1.54) is 38.9 Å². The van der Waals surface area contributed by atoms with E-state index in [2.05, 4.69) is 91.9 Å². The average Bonchev–Trinajstić information content (AvgIpc) is 2.69. The van der Waals surface area contributed by atoms with Gasteiger partial charge in [0.1, 0.15) is 0 Å². The lowest BCUT2D eigenvalue weighted by molar-refractivity contribution is 1.47. The van der Waals surface area contributed by atoms with E-state index < -0.39 is 0 Å². The minimum Gasteiger partial charge on any atom is -0.399 e. The molecule has 0 fully saturated rings. The van der Waals surface area contributed by atoms with Crippen LogP contribution in [0.1, 0.15) is 5.56 Å². The first-order valence-corrected chi connectivity index (χ1v) is 8.84. The van der Waals surface area contributed by atoms with Crippen LogP contribution in [0.25, 0.3) is 33.4 Å². The Balaban J connectivity index is 1.90. The Morgan fingerprint density at radius 2 is 0.846 bits per heavy atom. The molecule has 0 saturated carbocycles. The Kier molecular flexibility index (Phi) is 4.28. The maximum atomic E-state index is 5.87. The Morgan fingerprint density at radius 3 is 1.31 bits per heavy atom. The third-order valence-electron chi connectivity index (χ3n) is 4.73. The largest absolute Gasteiger partial charge is 0.399 e. The van der Waals surface area contributed by atoms with Crippen molar-refractivity contribution >= 4 is 5.69 Å². The molecule has 1 nitrogen and oxygen atoms in total. The van der Waals surface area contributed by atoms with Crippen molar-refractivity contribution in [3.05, 3.63) is 103 Å². The zero-order valence-electron chi connectivity index (χ0n) is 14.8. The van der Waals surface area contributed by atoms with Gasteiger partial charge in [-0.15, -0.1) is 0 Å². The second-order valence-corrected chi connectivity index (χ2v) is 6.58. The molecule has 0 aromatic heterocycles. The van der Waals surface area contributed by atoms with E-state index in [1.54, 1.807) is 0 Å². The van der Waals surface area contributed by atoms with Crippen LogP contribution < -0.4 is 5.73 Å². The summed E-state index contributed by atoms with van der Waals surface area (Å²) in [7, 11) is 0. The molecule has 4 rings (SSSR count). The van der Waals surface area contributed by atoms with Crippen LogP contribution in [0.4, 0.5) is 5.69 Å². The van der Waals surface area contributed by atoms with Gasteiger partial charge in [-0.05, 0) is 52.4 Å². The maximum Gasteiger partial charge on any atom is 0.0314 e. The molecule has 2 N–H and O–H groups in total. The molecular formula is C25H21N. The van der Waals surface area contributed by atoms with E-state index in [-0.39, 0.29) is 0 Å². The first kappa shape index (κ1) is 16.2. The SMILES string of the molecule is Cc1ccc(-c2ccccc2-c2ccccc2-c2ccc(N)cc2)cc1. The standard InChI is InChI=1S/C25H21N/c1-18-10-12-19(13-11-18)22-6-2-4-8-24(22)25-9-5-3-7-23(25)20-14-16-21(26)17-15-20/h2-17H,26H2,1H3. The summed E-state index contributed by atoms with van der Waals surface area (Å²) in [6, 6.07) is 34.0. The van der Waals surface area contributed by atoms with Crippen LogP contribution >= 0.6 is 0 Å². The van der Waals surface area contributed by atoms with Gasteiger partial charge in [0.2, 0.25) is 0 Å². The lowest BCUT2D eigenvalue weighted by Crippen LogP contribution is -1.90. The Morgan fingerprint density at radius 1 is 0.462 bits per heavy atom. The van der Waals surface area contributed by atoms with Gasteiger partial charge in [0, 0.05) is 5.69 Å². The Labute approximate surface area is 154 Å². The fourth-order valence-electron chi connectivity index (χ4n) is 3.34. The van der Waals surface area contributed by atoms with Crippen LogP contribution in [0.3, 0.4) is 0 Å². The molecule has 0 aliphatic heterocycles. The molecule has 0 aliphatic carbocycles. The summed E-state index contributed by atoms with van der Waals surface area (Å²) in [5, 5.41) is 0. The fourth-order valence-corrected chi connectivity index (χ4v) is 3.34. The lowest BCUT2D eigenvalue weighted by atomic mass is 9.89. The number of nitrogen functional groups attached to an aromatic ring is 1. The van der Waals surface area contributed by atoms with E-state index in [9.17, 15) is 0 Å². The van der Waals surface area contributed by atoms with Crippen molar-refractivity contribution in [2.24, 2.45) is 0 Å². The highest BCUT2D eigenvalue weighted by Gasteiger charge is 2.11. The number of benzene rings is 4. The van der Waals surface area contributed by atoms with E-state index in [4.69, 9.17) is 5.73 Å². The summed E-state index contributed by atoms with van der Waals surface area (Å²) >= 11 is 0. The summed E-state index contributed by atoms with van der Waals surface area (Å²) in [5.74, 6) is 0. The number of nitrogens with two attached hydrogens (primary N) is 1. The third kappa shape index (κ3) is 3.12. The predicted molar refractivity (Wildman–Crippen MR) is 112 cm³/mol. The molecule has 0 bridgehead atoms. The molecule has 0 unspecified atom stereocenters. The Hall–Kier alpha value is -3.32. The second-order valence-electron chi connectivity index (χ2n) is 6.58. The molecule has 0 spiro atoms. The molecule has 0 atom stereocenters. The van der Waals surface area contributed by atoms with Gasteiger partial charge in [-0.2, -0.15) is 0 Å². The monoisotopic (exact) mass is 335 g/mol. The molecule has 0 aliphatic rings.